The van der Waals surface area contributed by atoms with Gasteiger partial charge >= 0.3 is 17.9 Å². The third-order valence-electron chi connectivity index (χ3n) is 26.9. The predicted octanol–water partition coefficient (Wildman–Crippen LogP) is 24.8. The molecule has 10 aromatic carbocycles. The van der Waals surface area contributed by atoms with E-state index in [2.05, 4.69) is 142 Å². The molecule has 0 N–H and O–H groups in total. The number of methoxy groups -OCH3 is 2. The number of oxime groups is 3. The highest BCUT2D eigenvalue weighted by Crippen LogP contribution is 2.42. The molecule has 25 heteroatoms. The van der Waals surface area contributed by atoms with E-state index in [1.165, 1.54) is 45.6 Å². The monoisotopic (exact) mass is 1960 g/mol. The molecule has 0 bridgehead atoms. The summed E-state index contributed by atoms with van der Waals surface area (Å²) in [4.78, 5) is 147. The molecule has 1 saturated heterocycles. The molecule has 0 spiro atoms. The van der Waals surface area contributed by atoms with Gasteiger partial charge in [0.1, 0.15) is 17.1 Å². The van der Waals surface area contributed by atoms with Crippen LogP contribution in [-0.4, -0.2) is 193 Å². The smallest absolute Gasteiger partial charge is 0.348 e. The first-order chi connectivity index (χ1) is 69.5. The van der Waals surface area contributed by atoms with E-state index in [9.17, 15) is 43.2 Å². The molecular formula is C119H146N10O15. The Balaban J connectivity index is 0.000000222. The van der Waals surface area contributed by atoms with Crippen LogP contribution < -0.4 is 14.7 Å². The lowest BCUT2D eigenvalue weighted by atomic mass is 9.84. The summed E-state index contributed by atoms with van der Waals surface area (Å²) in [5, 5.41) is 12.0. The van der Waals surface area contributed by atoms with E-state index >= 15 is 0 Å². The van der Waals surface area contributed by atoms with E-state index in [0.717, 1.165) is 155 Å². The number of rotatable bonds is 49. The molecular weight excluding hydrogens is 1810 g/mol. The van der Waals surface area contributed by atoms with Crippen molar-refractivity contribution >= 4 is 121 Å². The number of ether oxygens (including phenoxy) is 3. The molecule has 25 nitrogen and oxygen atoms in total. The third kappa shape index (κ3) is 30.4. The lowest BCUT2D eigenvalue weighted by Gasteiger charge is -2.39. The van der Waals surface area contributed by atoms with Crippen LogP contribution in [-0.2, 0) is 61.7 Å². The zero-order chi connectivity index (χ0) is 104. The van der Waals surface area contributed by atoms with Crippen molar-refractivity contribution in [1.82, 2.24) is 19.6 Å². The van der Waals surface area contributed by atoms with E-state index in [-0.39, 0.29) is 58.4 Å². The first-order valence-corrected chi connectivity index (χ1v) is 50.9. The van der Waals surface area contributed by atoms with Crippen molar-refractivity contribution in [2.24, 2.45) is 21.4 Å². The average Bonchev–Trinajstić information content (AvgIpc) is 0.791. The highest BCUT2D eigenvalue weighted by molar-refractivity contribution is 6.47. The van der Waals surface area contributed by atoms with Crippen LogP contribution in [0.2, 0.25) is 0 Å². The minimum absolute atomic E-state index is 0.0669. The molecule has 0 atom stereocenters. The largest absolute Gasteiger partial charge is 0.379 e. The van der Waals surface area contributed by atoms with Crippen molar-refractivity contribution in [3.8, 4) is 0 Å². The van der Waals surface area contributed by atoms with Gasteiger partial charge in [0.05, 0.1) is 30.8 Å². The van der Waals surface area contributed by atoms with Crippen molar-refractivity contribution < 1.29 is 71.9 Å². The normalized spacial score (nSPS) is 13.4. The summed E-state index contributed by atoms with van der Waals surface area (Å²) in [6, 6.07) is 80.6. The van der Waals surface area contributed by atoms with Gasteiger partial charge in [-0.2, -0.15) is 0 Å². The van der Waals surface area contributed by atoms with Gasteiger partial charge < -0.3 is 48.3 Å². The molecule has 0 unspecified atom stereocenters. The maximum absolute atomic E-state index is 13.9. The molecule has 0 aromatic heterocycles. The van der Waals surface area contributed by atoms with Crippen molar-refractivity contribution in [2.75, 3.05) is 108 Å². The van der Waals surface area contributed by atoms with Crippen molar-refractivity contribution in [2.45, 2.75) is 211 Å². The van der Waals surface area contributed by atoms with Crippen molar-refractivity contribution in [3.05, 3.63) is 305 Å². The van der Waals surface area contributed by atoms with Crippen LogP contribution in [0.1, 0.15) is 260 Å². The number of hydrogen-bond donors (Lipinski definition) is 0. The van der Waals surface area contributed by atoms with E-state index in [1.807, 2.05) is 192 Å². The zero-order valence-electron chi connectivity index (χ0n) is 87.3. The minimum atomic E-state index is -1.59. The number of morpholine rings is 1. The fourth-order valence-electron chi connectivity index (χ4n) is 18.1. The summed E-state index contributed by atoms with van der Waals surface area (Å²) in [5.41, 5.74) is 13.5. The second kappa shape index (κ2) is 56.1. The Morgan fingerprint density at radius 2 is 0.729 bits per heavy atom. The number of aryl methyl sites for hydroxylation is 2. The van der Waals surface area contributed by atoms with E-state index in [0.29, 0.717) is 97.0 Å². The van der Waals surface area contributed by atoms with Crippen molar-refractivity contribution in [1.29, 1.82) is 0 Å². The lowest BCUT2D eigenvalue weighted by Crippen LogP contribution is -2.54. The summed E-state index contributed by atoms with van der Waals surface area (Å²) < 4.78 is 16.9. The Hall–Kier alpha value is -13.2. The van der Waals surface area contributed by atoms with Gasteiger partial charge in [0.2, 0.25) is 23.1 Å². The van der Waals surface area contributed by atoms with Gasteiger partial charge in [-0.3, -0.25) is 43.5 Å². The SMILES string of the molecule is CCCCCC/C(=N\OC(C)=O)C(=O)c1ccc(N(c2ccc(CC)cc2)c2ccc(C(=O)C(C)(C)N(CC)CC)cc2)cc1.CCN(CC)CC/C(=N\OC(=O)CN(CC)CC)C(=O)c1ccc(N(c2ccccc2)c2ccc(C(=O)C(C)(C)N3CCOCC3)cc2)cc1.CCc1ccc(N(c2ccc(C(=O)/C(CC3CCCCC3)=N/OC(C)=O)cc2)c2ccc(C(=O)C(OC)(OC)c3ccccc3)cc2)cc1. The summed E-state index contributed by atoms with van der Waals surface area (Å²) in [7, 11) is 2.92. The third-order valence-corrected chi connectivity index (χ3v) is 26.9. The number of para-hydroxylation sites is 1. The summed E-state index contributed by atoms with van der Waals surface area (Å²) in [5.74, 6) is -3.81. The second-order valence-corrected chi connectivity index (χ2v) is 36.9. The molecule has 12 rings (SSSR count). The number of hydrogen-bond acceptors (Lipinski definition) is 25. The molecule has 144 heavy (non-hydrogen) atoms. The Morgan fingerprint density at radius 3 is 1.11 bits per heavy atom. The molecule has 1 saturated carbocycles. The van der Waals surface area contributed by atoms with Gasteiger partial charge in [-0.15, -0.1) is 0 Å². The number of unbranched alkanes of at least 4 members (excludes halogenated alkanes) is 3. The lowest BCUT2D eigenvalue weighted by molar-refractivity contribution is -0.176. The highest BCUT2D eigenvalue weighted by Gasteiger charge is 2.43. The second-order valence-electron chi connectivity index (χ2n) is 36.9. The van der Waals surface area contributed by atoms with E-state index in [1.54, 1.807) is 60.7 Å². The molecule has 10 aromatic rings. The van der Waals surface area contributed by atoms with Crippen LogP contribution in [0.5, 0.6) is 0 Å². The summed E-state index contributed by atoms with van der Waals surface area (Å²) in [6.07, 6.45) is 12.6. The average molecular weight is 1960 g/mol. The van der Waals surface area contributed by atoms with Gasteiger partial charge in [-0.25, -0.2) is 14.4 Å². The number of Topliss-reactive ketones (excluding diaryl/α,β-unsaturated/α-hetero) is 6. The zero-order valence-corrected chi connectivity index (χ0v) is 87.3. The van der Waals surface area contributed by atoms with Crippen LogP contribution in [0.25, 0.3) is 0 Å². The summed E-state index contributed by atoms with van der Waals surface area (Å²) >= 11 is 0. The van der Waals surface area contributed by atoms with Crippen LogP contribution >= 0.6 is 0 Å². The van der Waals surface area contributed by atoms with Crippen LogP contribution in [0.4, 0.5) is 51.2 Å². The predicted molar refractivity (Wildman–Crippen MR) is 576 cm³/mol. The standard InChI is InChI=1S/C41H44N2O6.C40H53N5O5.C38H49N3O4/c1-5-30-16-22-35(23-17-30)43(37-26-20-33(21-27-37)40(46)41(47-3,48-4)34-14-10-7-11-15-34)36-24-18-32(19-25-36)39(45)38(42-49-29(2)44)28-31-12-8-6-9-13-31;1-7-42(8-2)25-24-36(41-50-37(46)30-43(9-3)10-4)38(47)31-16-20-34(21-17-31)45(33-14-12-11-13-15-33)35-22-18-32(19-23-35)39(48)40(5,6)44-26-28-49-29-27-44;1-8-12-13-14-15-35(39-45-28(5)42)36(43)30-18-24-33(25-19-30)41(32-22-16-29(9-2)17-23-32)34-26-20-31(21-27-34)37(44)38(6,7)40(10-3)11-4/h7,10-11,14-27,31H,5-6,8-9,12-13,28H2,1-4H3;11-23H,7-10,24-30H2,1-6H3;16-27H,8-15H2,1-7H3/b42-38+;41-36+;39-35+. The van der Waals surface area contributed by atoms with Gasteiger partial charge in [0.25, 0.3) is 5.79 Å². The quantitative estimate of drug-likeness (QED) is 0.00856. The maximum Gasteiger partial charge on any atom is 0.348 e. The van der Waals surface area contributed by atoms with Crippen molar-refractivity contribution in [3.63, 3.8) is 0 Å². The fourth-order valence-corrected chi connectivity index (χ4v) is 18.1. The molecule has 2 fully saturated rings. The minimum Gasteiger partial charge on any atom is -0.379 e. The fraction of sp³-hybridized carbons (Fsp3) is 0.395. The van der Waals surface area contributed by atoms with Gasteiger partial charge in [-0.1, -0.05) is 202 Å². The summed E-state index contributed by atoms with van der Waals surface area (Å²) in [6.45, 7) is 37.2. The number of nitrogens with zero attached hydrogens (tertiary/aromatic N) is 10. The Morgan fingerprint density at radius 1 is 0.375 bits per heavy atom. The number of likely N-dealkylation sites (N-methyl/N-ethyl adjacent to an activating group) is 2. The van der Waals surface area contributed by atoms with E-state index in [4.69, 9.17) is 28.7 Å². The molecule has 0 radical (unpaired) electrons. The molecule has 1 aliphatic heterocycles. The van der Waals surface area contributed by atoms with Gasteiger partial charge in [-0.05, 0) is 298 Å². The Kier molecular flexibility index (Phi) is 43.9. The maximum atomic E-state index is 13.9. The first kappa shape index (κ1) is 113. The molecule has 0 amide bonds. The molecule has 2 aliphatic rings. The number of ketones is 6. The molecule has 762 valence electrons. The molecule has 1 aliphatic carbocycles. The van der Waals surface area contributed by atoms with Crippen LogP contribution in [0.3, 0.4) is 0 Å². The van der Waals surface area contributed by atoms with Gasteiger partial charge in [0, 0.05) is 144 Å². The highest BCUT2D eigenvalue weighted by atomic mass is 16.7. The van der Waals surface area contributed by atoms with Gasteiger partial charge in [0.15, 0.2) is 11.6 Å². The number of carbonyl (C=O) groups is 9. The first-order valence-electron chi connectivity index (χ1n) is 50.9. The van der Waals surface area contributed by atoms with Crippen LogP contribution in [0, 0.1) is 5.92 Å². The Labute approximate surface area is 851 Å². The number of anilines is 9. The molecule has 1 heterocycles. The van der Waals surface area contributed by atoms with E-state index < -0.39 is 34.8 Å². The Bertz CT molecular complexity index is 5890. The topological polar surface area (TPSA) is 269 Å². The van der Waals surface area contributed by atoms with Crippen LogP contribution in [0.15, 0.2) is 270 Å². The number of carbonyl (C=O) groups excluding carboxylic acids is 9. The number of benzene rings is 10.